The Labute approximate surface area is 167 Å². The van der Waals surface area contributed by atoms with Gasteiger partial charge < -0.3 is 19.9 Å². The summed E-state index contributed by atoms with van der Waals surface area (Å²) in [5.41, 5.74) is 4.59. The van der Waals surface area contributed by atoms with E-state index in [-0.39, 0.29) is 5.91 Å². The number of benzene rings is 1. The van der Waals surface area contributed by atoms with Crippen LogP contribution < -0.4 is 10.2 Å². The zero-order chi connectivity index (χ0) is 19.9. The molecule has 1 fully saturated rings. The number of carbonyl (C=O) groups is 1. The fourth-order valence-electron chi connectivity index (χ4n) is 3.50. The predicted octanol–water partition coefficient (Wildman–Crippen LogP) is 3.11. The van der Waals surface area contributed by atoms with Gasteiger partial charge in [-0.2, -0.15) is 0 Å². The van der Waals surface area contributed by atoms with Crippen LogP contribution in [0.25, 0.3) is 0 Å². The number of ether oxygens (including phenoxy) is 1. The number of hydrogen-bond acceptors (Lipinski definition) is 5. The number of rotatable bonds is 7. The van der Waals surface area contributed by atoms with Crippen molar-refractivity contribution in [3.8, 4) is 0 Å². The minimum Gasteiger partial charge on any atom is -0.385 e. The summed E-state index contributed by atoms with van der Waals surface area (Å²) in [6.07, 6.45) is 2.59. The van der Waals surface area contributed by atoms with Crippen LogP contribution in [0.4, 0.5) is 11.5 Å². The SMILES string of the molecule is COCCCNc1cc(C(=O)N2CCN(c3cccc(C)c3C)CC2)ccn1. The van der Waals surface area contributed by atoms with Crippen molar-refractivity contribution < 1.29 is 9.53 Å². The number of piperazine rings is 1. The van der Waals surface area contributed by atoms with Gasteiger partial charge in [0.05, 0.1) is 0 Å². The molecule has 150 valence electrons. The second-order valence-corrected chi connectivity index (χ2v) is 7.20. The molecule has 0 unspecified atom stereocenters. The van der Waals surface area contributed by atoms with Crippen LogP contribution in [0.15, 0.2) is 36.5 Å². The van der Waals surface area contributed by atoms with E-state index < -0.39 is 0 Å². The molecule has 0 radical (unpaired) electrons. The number of aryl methyl sites for hydroxylation is 1. The highest BCUT2D eigenvalue weighted by molar-refractivity contribution is 5.95. The molecule has 0 atom stereocenters. The Morgan fingerprint density at radius 1 is 1.18 bits per heavy atom. The van der Waals surface area contributed by atoms with E-state index in [9.17, 15) is 4.79 Å². The Balaban J connectivity index is 1.58. The topological polar surface area (TPSA) is 57.7 Å². The fourth-order valence-corrected chi connectivity index (χ4v) is 3.50. The zero-order valence-corrected chi connectivity index (χ0v) is 17.1. The molecule has 0 bridgehead atoms. The molecule has 1 amide bonds. The van der Waals surface area contributed by atoms with Crippen LogP contribution in [-0.2, 0) is 4.74 Å². The third kappa shape index (κ3) is 4.81. The van der Waals surface area contributed by atoms with Crippen molar-refractivity contribution >= 4 is 17.4 Å². The van der Waals surface area contributed by atoms with Gasteiger partial charge in [-0.05, 0) is 49.6 Å². The second-order valence-electron chi connectivity index (χ2n) is 7.20. The smallest absolute Gasteiger partial charge is 0.254 e. The first-order valence-electron chi connectivity index (χ1n) is 9.89. The monoisotopic (exact) mass is 382 g/mol. The van der Waals surface area contributed by atoms with E-state index in [0.29, 0.717) is 12.2 Å². The van der Waals surface area contributed by atoms with Crippen molar-refractivity contribution in [2.45, 2.75) is 20.3 Å². The van der Waals surface area contributed by atoms with E-state index in [0.717, 1.165) is 45.0 Å². The molecule has 3 rings (SSSR count). The summed E-state index contributed by atoms with van der Waals surface area (Å²) < 4.78 is 5.05. The summed E-state index contributed by atoms with van der Waals surface area (Å²) in [7, 11) is 1.69. The average molecular weight is 383 g/mol. The van der Waals surface area contributed by atoms with Crippen molar-refractivity contribution in [2.24, 2.45) is 0 Å². The molecule has 1 aromatic heterocycles. The number of carbonyl (C=O) groups excluding carboxylic acids is 1. The van der Waals surface area contributed by atoms with Crippen molar-refractivity contribution in [3.05, 3.63) is 53.2 Å². The van der Waals surface area contributed by atoms with Gasteiger partial charge in [0.25, 0.3) is 5.91 Å². The van der Waals surface area contributed by atoms with Gasteiger partial charge in [-0.25, -0.2) is 4.98 Å². The molecular weight excluding hydrogens is 352 g/mol. The van der Waals surface area contributed by atoms with Crippen LogP contribution in [0.2, 0.25) is 0 Å². The van der Waals surface area contributed by atoms with E-state index in [4.69, 9.17) is 4.74 Å². The van der Waals surface area contributed by atoms with Crippen LogP contribution in [0.3, 0.4) is 0 Å². The molecule has 0 aliphatic carbocycles. The largest absolute Gasteiger partial charge is 0.385 e. The Morgan fingerprint density at radius 3 is 2.71 bits per heavy atom. The molecule has 1 aliphatic heterocycles. The van der Waals surface area contributed by atoms with Gasteiger partial charge in [0.2, 0.25) is 0 Å². The fraction of sp³-hybridized carbons (Fsp3) is 0.455. The molecule has 2 aromatic rings. The number of hydrogen-bond donors (Lipinski definition) is 1. The van der Waals surface area contributed by atoms with E-state index in [1.807, 2.05) is 11.0 Å². The molecule has 1 aromatic carbocycles. The van der Waals surface area contributed by atoms with E-state index in [2.05, 4.69) is 47.2 Å². The maximum absolute atomic E-state index is 12.9. The zero-order valence-electron chi connectivity index (χ0n) is 17.1. The predicted molar refractivity (Wildman–Crippen MR) is 113 cm³/mol. The maximum atomic E-state index is 12.9. The lowest BCUT2D eigenvalue weighted by Crippen LogP contribution is -2.49. The van der Waals surface area contributed by atoms with E-state index >= 15 is 0 Å². The molecule has 0 spiro atoms. The van der Waals surface area contributed by atoms with Gasteiger partial charge in [-0.3, -0.25) is 4.79 Å². The highest BCUT2D eigenvalue weighted by Crippen LogP contribution is 2.24. The van der Waals surface area contributed by atoms with Gasteiger partial charge in [0.15, 0.2) is 0 Å². The van der Waals surface area contributed by atoms with Gasteiger partial charge in [-0.1, -0.05) is 12.1 Å². The molecule has 1 aliphatic rings. The number of anilines is 2. The first kappa shape index (κ1) is 20.1. The summed E-state index contributed by atoms with van der Waals surface area (Å²) in [6, 6.07) is 10.0. The third-order valence-corrected chi connectivity index (χ3v) is 5.32. The molecule has 6 heteroatoms. The van der Waals surface area contributed by atoms with Crippen molar-refractivity contribution in [1.29, 1.82) is 0 Å². The number of aromatic nitrogens is 1. The standard InChI is InChI=1S/C22H30N4O2/c1-17-6-4-7-20(18(17)2)25-11-13-26(14-12-25)22(27)19-8-10-24-21(16-19)23-9-5-15-28-3/h4,6-8,10,16H,5,9,11-15H2,1-3H3,(H,23,24). The molecule has 28 heavy (non-hydrogen) atoms. The molecule has 2 heterocycles. The van der Waals surface area contributed by atoms with Gasteiger partial charge in [-0.15, -0.1) is 0 Å². The Morgan fingerprint density at radius 2 is 1.96 bits per heavy atom. The molecule has 0 saturated carbocycles. The van der Waals surface area contributed by atoms with Gasteiger partial charge >= 0.3 is 0 Å². The quantitative estimate of drug-likeness (QED) is 0.746. The lowest BCUT2D eigenvalue weighted by molar-refractivity contribution is 0.0746. The molecule has 6 nitrogen and oxygen atoms in total. The lowest BCUT2D eigenvalue weighted by atomic mass is 10.1. The summed E-state index contributed by atoms with van der Waals surface area (Å²) in [6.45, 7) is 8.94. The number of nitrogens with zero attached hydrogens (tertiary/aromatic N) is 3. The number of amides is 1. The Bertz CT molecular complexity index is 801. The molecule has 1 N–H and O–H groups in total. The number of pyridine rings is 1. The van der Waals surface area contributed by atoms with Crippen LogP contribution in [-0.4, -0.2) is 62.2 Å². The van der Waals surface area contributed by atoms with E-state index in [1.165, 1.54) is 16.8 Å². The Hall–Kier alpha value is -2.60. The highest BCUT2D eigenvalue weighted by atomic mass is 16.5. The first-order chi connectivity index (χ1) is 13.6. The van der Waals surface area contributed by atoms with Crippen LogP contribution in [0, 0.1) is 13.8 Å². The van der Waals surface area contributed by atoms with Gasteiger partial charge in [0, 0.05) is 63.9 Å². The van der Waals surface area contributed by atoms with E-state index in [1.54, 1.807) is 19.4 Å². The summed E-state index contributed by atoms with van der Waals surface area (Å²) in [4.78, 5) is 21.5. The third-order valence-electron chi connectivity index (χ3n) is 5.32. The first-order valence-corrected chi connectivity index (χ1v) is 9.89. The molecule has 1 saturated heterocycles. The minimum atomic E-state index is 0.0722. The number of methoxy groups -OCH3 is 1. The van der Waals surface area contributed by atoms with Gasteiger partial charge in [0.1, 0.15) is 5.82 Å². The van der Waals surface area contributed by atoms with Crippen molar-refractivity contribution in [2.75, 3.05) is 56.7 Å². The molecular formula is C22H30N4O2. The average Bonchev–Trinajstić information content (AvgIpc) is 2.73. The van der Waals surface area contributed by atoms with Crippen molar-refractivity contribution in [1.82, 2.24) is 9.88 Å². The summed E-state index contributed by atoms with van der Waals surface area (Å²) in [5.74, 6) is 0.805. The lowest BCUT2D eigenvalue weighted by Gasteiger charge is -2.37. The summed E-state index contributed by atoms with van der Waals surface area (Å²) >= 11 is 0. The second kappa shape index (κ2) is 9.55. The van der Waals surface area contributed by atoms with Crippen LogP contribution in [0.1, 0.15) is 27.9 Å². The summed E-state index contributed by atoms with van der Waals surface area (Å²) in [5, 5.41) is 3.25. The van der Waals surface area contributed by atoms with Crippen molar-refractivity contribution in [3.63, 3.8) is 0 Å². The van der Waals surface area contributed by atoms with Crippen LogP contribution in [0.5, 0.6) is 0 Å². The maximum Gasteiger partial charge on any atom is 0.254 e. The minimum absolute atomic E-state index is 0.0722. The van der Waals surface area contributed by atoms with Crippen LogP contribution >= 0.6 is 0 Å². The highest BCUT2D eigenvalue weighted by Gasteiger charge is 2.23. The number of nitrogens with one attached hydrogen (secondary N) is 1. The normalized spacial score (nSPS) is 14.2. The Kier molecular flexibility index (Phi) is 6.87.